The molecule has 0 unspecified atom stereocenters. The summed E-state index contributed by atoms with van der Waals surface area (Å²) in [6.07, 6.45) is 4.00. The first kappa shape index (κ1) is 17.9. The predicted octanol–water partition coefficient (Wildman–Crippen LogP) is 2.69. The summed E-state index contributed by atoms with van der Waals surface area (Å²) in [4.78, 5) is 26.8. The molecule has 1 fully saturated rings. The van der Waals surface area contributed by atoms with Gasteiger partial charge in [0.25, 0.3) is 11.5 Å². The third-order valence-corrected chi connectivity index (χ3v) is 4.86. The monoisotopic (exact) mass is 375 g/mol. The second-order valence-corrected chi connectivity index (χ2v) is 6.84. The molecule has 1 aliphatic rings. The van der Waals surface area contributed by atoms with E-state index in [9.17, 15) is 9.59 Å². The molecule has 3 aromatic rings. The van der Waals surface area contributed by atoms with Crippen LogP contribution in [0, 0.1) is 0 Å². The Kier molecular flexibility index (Phi) is 4.89. The summed E-state index contributed by atoms with van der Waals surface area (Å²) >= 11 is 0. The Hall–Kier alpha value is -3.48. The van der Waals surface area contributed by atoms with Gasteiger partial charge in [0.15, 0.2) is 5.82 Å². The molecular formula is C21H21N5O2. The minimum Gasteiger partial charge on any atom is -0.355 e. The zero-order valence-electron chi connectivity index (χ0n) is 15.6. The van der Waals surface area contributed by atoms with Crippen LogP contribution in [0.3, 0.4) is 0 Å². The van der Waals surface area contributed by atoms with Gasteiger partial charge in [0.05, 0.1) is 5.69 Å². The van der Waals surface area contributed by atoms with Gasteiger partial charge in [-0.1, -0.05) is 12.1 Å². The number of anilines is 2. The van der Waals surface area contributed by atoms with Gasteiger partial charge >= 0.3 is 0 Å². The number of rotatable bonds is 4. The number of pyridine rings is 1. The molecule has 4 rings (SSSR count). The number of hydrogen-bond donors (Lipinski definition) is 1. The molecule has 1 amide bonds. The summed E-state index contributed by atoms with van der Waals surface area (Å²) in [5.41, 5.74) is 1.94. The second kappa shape index (κ2) is 7.64. The first-order chi connectivity index (χ1) is 13.6. The van der Waals surface area contributed by atoms with Gasteiger partial charge in [-0.05, 0) is 49.2 Å². The van der Waals surface area contributed by atoms with Crippen molar-refractivity contribution in [3.05, 3.63) is 70.6 Å². The maximum atomic E-state index is 12.5. The van der Waals surface area contributed by atoms with E-state index in [1.165, 1.54) is 23.5 Å². The number of amides is 1. The van der Waals surface area contributed by atoms with Crippen LogP contribution < -0.4 is 15.8 Å². The standard InChI is InChI=1S/C21H21N5O2/c1-25-11-5-8-17(21(25)28)20(27)22-16-7-4-6-15(14-16)18-9-10-19(24-23-18)26-12-2-3-13-26/h4-11,14H,2-3,12-13H2,1H3,(H,22,27). The van der Waals surface area contributed by atoms with Crippen molar-refractivity contribution in [3.8, 4) is 11.3 Å². The van der Waals surface area contributed by atoms with Crippen LogP contribution in [0.15, 0.2) is 59.5 Å². The third-order valence-electron chi connectivity index (χ3n) is 4.86. The van der Waals surface area contributed by atoms with Crippen molar-refractivity contribution in [3.63, 3.8) is 0 Å². The van der Waals surface area contributed by atoms with E-state index in [4.69, 9.17) is 0 Å². The van der Waals surface area contributed by atoms with Gasteiger partial charge in [-0.3, -0.25) is 9.59 Å². The van der Waals surface area contributed by atoms with Crippen molar-refractivity contribution in [1.29, 1.82) is 0 Å². The summed E-state index contributed by atoms with van der Waals surface area (Å²) in [5.74, 6) is 0.458. The minimum atomic E-state index is -0.436. The highest BCUT2D eigenvalue weighted by Gasteiger charge is 2.15. The van der Waals surface area contributed by atoms with Gasteiger partial charge in [-0.2, -0.15) is 0 Å². The van der Waals surface area contributed by atoms with Crippen LogP contribution in [-0.2, 0) is 7.05 Å². The van der Waals surface area contributed by atoms with Crippen LogP contribution in [0.25, 0.3) is 11.3 Å². The van der Waals surface area contributed by atoms with Gasteiger partial charge in [0.1, 0.15) is 5.56 Å². The number of nitrogens with zero attached hydrogens (tertiary/aromatic N) is 4. The quantitative estimate of drug-likeness (QED) is 0.758. The molecule has 7 nitrogen and oxygen atoms in total. The molecule has 1 N–H and O–H groups in total. The molecule has 3 heterocycles. The van der Waals surface area contributed by atoms with Crippen molar-refractivity contribution in [2.45, 2.75) is 12.8 Å². The summed E-state index contributed by atoms with van der Waals surface area (Å²) in [6, 6.07) is 14.5. The van der Waals surface area contributed by atoms with E-state index in [1.54, 1.807) is 25.4 Å². The number of aromatic nitrogens is 3. The molecule has 7 heteroatoms. The molecule has 0 radical (unpaired) electrons. The molecule has 1 aromatic carbocycles. The second-order valence-electron chi connectivity index (χ2n) is 6.84. The van der Waals surface area contributed by atoms with Crippen molar-refractivity contribution in [2.75, 3.05) is 23.3 Å². The molecule has 28 heavy (non-hydrogen) atoms. The van der Waals surface area contributed by atoms with Gasteiger partial charge in [0.2, 0.25) is 0 Å². The van der Waals surface area contributed by atoms with Crippen molar-refractivity contribution in [1.82, 2.24) is 14.8 Å². The number of carbonyl (C=O) groups excluding carboxylic acids is 1. The topological polar surface area (TPSA) is 80.1 Å². The van der Waals surface area contributed by atoms with Gasteiger partial charge in [-0.25, -0.2) is 0 Å². The Morgan fingerprint density at radius 3 is 2.61 bits per heavy atom. The van der Waals surface area contributed by atoms with Crippen LogP contribution in [-0.4, -0.2) is 33.8 Å². The fraction of sp³-hybridized carbons (Fsp3) is 0.238. The molecular weight excluding hydrogens is 354 g/mol. The Labute approximate surface area is 162 Å². The Morgan fingerprint density at radius 1 is 1.04 bits per heavy atom. The maximum Gasteiger partial charge on any atom is 0.263 e. The van der Waals surface area contributed by atoms with Crippen LogP contribution in [0.5, 0.6) is 0 Å². The average molecular weight is 375 g/mol. The highest BCUT2D eigenvalue weighted by molar-refractivity contribution is 6.04. The lowest BCUT2D eigenvalue weighted by Gasteiger charge is -2.15. The largest absolute Gasteiger partial charge is 0.355 e. The number of benzene rings is 1. The summed E-state index contributed by atoms with van der Waals surface area (Å²) in [5, 5.41) is 11.5. The Bertz CT molecular complexity index is 1050. The molecule has 0 saturated carbocycles. The molecule has 1 saturated heterocycles. The van der Waals surface area contributed by atoms with Crippen LogP contribution in [0.4, 0.5) is 11.5 Å². The lowest BCUT2D eigenvalue weighted by molar-refractivity contribution is 0.102. The van der Waals surface area contributed by atoms with Crippen molar-refractivity contribution >= 4 is 17.4 Å². The van der Waals surface area contributed by atoms with Crippen LogP contribution in [0.2, 0.25) is 0 Å². The summed E-state index contributed by atoms with van der Waals surface area (Å²) < 4.78 is 1.38. The van der Waals surface area contributed by atoms with E-state index >= 15 is 0 Å². The Morgan fingerprint density at radius 2 is 1.86 bits per heavy atom. The van der Waals surface area contributed by atoms with Crippen molar-refractivity contribution in [2.24, 2.45) is 7.05 Å². The molecule has 2 aromatic heterocycles. The normalized spacial score (nSPS) is 13.5. The van der Waals surface area contributed by atoms with Gasteiger partial charge in [0, 0.05) is 37.6 Å². The van der Waals surface area contributed by atoms with E-state index < -0.39 is 5.91 Å². The Balaban J connectivity index is 1.53. The smallest absolute Gasteiger partial charge is 0.263 e. The highest BCUT2D eigenvalue weighted by Crippen LogP contribution is 2.23. The molecule has 142 valence electrons. The number of nitrogens with one attached hydrogen (secondary N) is 1. The van der Waals surface area contributed by atoms with Gasteiger partial charge < -0.3 is 14.8 Å². The first-order valence-corrected chi connectivity index (χ1v) is 9.28. The van der Waals surface area contributed by atoms with Crippen LogP contribution >= 0.6 is 0 Å². The molecule has 0 spiro atoms. The fourth-order valence-corrected chi connectivity index (χ4v) is 3.32. The maximum absolute atomic E-state index is 12.5. The predicted molar refractivity (Wildman–Crippen MR) is 109 cm³/mol. The van der Waals surface area contributed by atoms with E-state index in [2.05, 4.69) is 20.4 Å². The summed E-state index contributed by atoms with van der Waals surface area (Å²) in [6.45, 7) is 2.04. The molecule has 0 aliphatic carbocycles. The van der Waals surface area contributed by atoms with Crippen molar-refractivity contribution < 1.29 is 4.79 Å². The zero-order valence-corrected chi connectivity index (χ0v) is 15.6. The van der Waals surface area contributed by atoms with E-state index in [0.717, 1.165) is 30.2 Å². The fourth-order valence-electron chi connectivity index (χ4n) is 3.32. The average Bonchev–Trinajstić information content (AvgIpc) is 3.25. The lowest BCUT2D eigenvalue weighted by Crippen LogP contribution is -2.27. The van der Waals surface area contributed by atoms with Gasteiger partial charge in [-0.15, -0.1) is 10.2 Å². The molecule has 0 bridgehead atoms. The highest BCUT2D eigenvalue weighted by atomic mass is 16.2. The summed E-state index contributed by atoms with van der Waals surface area (Å²) in [7, 11) is 1.62. The van der Waals surface area contributed by atoms with E-state index in [0.29, 0.717) is 5.69 Å². The molecule has 0 atom stereocenters. The number of aryl methyl sites for hydroxylation is 1. The first-order valence-electron chi connectivity index (χ1n) is 9.28. The SMILES string of the molecule is Cn1cccc(C(=O)Nc2cccc(-c3ccc(N4CCCC4)nn3)c2)c1=O. The van der Waals surface area contributed by atoms with E-state index in [-0.39, 0.29) is 11.1 Å². The number of hydrogen-bond acceptors (Lipinski definition) is 5. The van der Waals surface area contributed by atoms with E-state index in [1.807, 2.05) is 30.3 Å². The molecule has 1 aliphatic heterocycles. The third kappa shape index (κ3) is 3.64. The van der Waals surface area contributed by atoms with Crippen LogP contribution in [0.1, 0.15) is 23.2 Å². The zero-order chi connectivity index (χ0) is 19.5. The number of carbonyl (C=O) groups is 1. The lowest BCUT2D eigenvalue weighted by atomic mass is 10.1. The minimum absolute atomic E-state index is 0.102.